The standard InChI is InChI=1S/C28H26N8O3S/c1-3-22(37)32-16-7-6-8-17(16)33-26(38)25-24-23-19(12-14-30-27(23)40-25)36(28(39)35-24)18-10-11-21(31-15(18)2)34-20-9-4-5-13-29-20/h3-5,9-14,16-17H,1,6-8H2,2H3,(H,32,37)(H,33,38)(H,35,39)(H,29,31,34)/t16-,17+/m0/s1. The van der Waals surface area contributed by atoms with Crippen molar-refractivity contribution in [1.29, 1.82) is 0 Å². The molecule has 1 aliphatic carbocycles. The van der Waals surface area contributed by atoms with Crippen LogP contribution in [0.3, 0.4) is 0 Å². The number of hydrogen-bond acceptors (Lipinski definition) is 8. The van der Waals surface area contributed by atoms with E-state index in [1.807, 2.05) is 31.2 Å². The summed E-state index contributed by atoms with van der Waals surface area (Å²) in [5.41, 5.74) is 2.29. The normalized spacial score (nSPS) is 17.8. The lowest BCUT2D eigenvalue weighted by molar-refractivity contribution is -0.117. The van der Waals surface area contributed by atoms with Crippen molar-refractivity contribution in [3.05, 3.63) is 72.0 Å². The van der Waals surface area contributed by atoms with Crippen LogP contribution in [-0.2, 0) is 4.79 Å². The fraction of sp³-hybridized carbons (Fsp3) is 0.214. The molecular formula is C28H26N8O3S. The van der Waals surface area contributed by atoms with E-state index < -0.39 is 6.03 Å². The lowest BCUT2D eigenvalue weighted by atomic mass is 10.1. The number of aryl methyl sites for hydroxylation is 1. The maximum atomic E-state index is 13.5. The summed E-state index contributed by atoms with van der Waals surface area (Å²) in [7, 11) is 0. The molecule has 0 spiro atoms. The number of nitrogens with one attached hydrogen (secondary N) is 4. The quantitative estimate of drug-likeness (QED) is 0.241. The van der Waals surface area contributed by atoms with E-state index in [2.05, 4.69) is 42.8 Å². The first-order valence-corrected chi connectivity index (χ1v) is 13.7. The first-order valence-electron chi connectivity index (χ1n) is 12.8. The average molecular weight is 555 g/mol. The van der Waals surface area contributed by atoms with Gasteiger partial charge in [0.1, 0.15) is 21.3 Å². The van der Waals surface area contributed by atoms with Gasteiger partial charge in [0.25, 0.3) is 5.91 Å². The van der Waals surface area contributed by atoms with Crippen molar-refractivity contribution < 1.29 is 14.4 Å². The molecule has 2 atom stereocenters. The second-order valence-electron chi connectivity index (χ2n) is 9.55. The van der Waals surface area contributed by atoms with Crippen molar-refractivity contribution in [2.45, 2.75) is 38.3 Å². The molecule has 4 aromatic heterocycles. The Morgan fingerprint density at radius 1 is 1.05 bits per heavy atom. The van der Waals surface area contributed by atoms with E-state index in [0.29, 0.717) is 49.5 Å². The summed E-state index contributed by atoms with van der Waals surface area (Å²) in [6.45, 7) is 5.33. The molecule has 11 nitrogen and oxygen atoms in total. The highest BCUT2D eigenvalue weighted by Gasteiger charge is 2.35. The molecule has 2 aliphatic rings. The molecule has 1 saturated carbocycles. The number of hydrogen-bond donors (Lipinski definition) is 4. The van der Waals surface area contributed by atoms with Crippen LogP contribution in [0.4, 0.5) is 33.5 Å². The number of aromatic nitrogens is 3. The number of nitrogens with zero attached hydrogens (tertiary/aromatic N) is 4. The minimum absolute atomic E-state index is 0.176. The van der Waals surface area contributed by atoms with Crippen LogP contribution in [-0.4, -0.2) is 44.9 Å². The van der Waals surface area contributed by atoms with Gasteiger partial charge in [-0.05, 0) is 62.6 Å². The number of urea groups is 1. The van der Waals surface area contributed by atoms with Crippen LogP contribution < -0.4 is 26.2 Å². The SMILES string of the molecule is C=CC(=O)N[C@H]1CCC[C@H]1NC(=O)c1sc2nccc3c2c1NC(=O)N3c1ccc(Nc2ccccn2)nc1C. The third-order valence-electron chi connectivity index (χ3n) is 7.02. The Kier molecular flexibility index (Phi) is 6.60. The summed E-state index contributed by atoms with van der Waals surface area (Å²) in [6, 6.07) is 10.1. The van der Waals surface area contributed by atoms with Crippen molar-refractivity contribution in [2.24, 2.45) is 0 Å². The molecule has 5 heterocycles. The Hall–Kier alpha value is -4.84. The number of pyridine rings is 3. The molecule has 4 amide bonds. The highest BCUT2D eigenvalue weighted by Crippen LogP contribution is 2.46. The van der Waals surface area contributed by atoms with Crippen molar-refractivity contribution >= 4 is 68.1 Å². The number of carbonyl (C=O) groups is 3. The molecule has 0 radical (unpaired) electrons. The molecule has 0 aromatic carbocycles. The zero-order valence-corrected chi connectivity index (χ0v) is 22.4. The summed E-state index contributed by atoms with van der Waals surface area (Å²) in [5, 5.41) is 12.7. The van der Waals surface area contributed by atoms with Gasteiger partial charge in [-0.25, -0.2) is 19.7 Å². The second kappa shape index (κ2) is 10.4. The molecule has 0 unspecified atom stereocenters. The molecule has 4 N–H and O–H groups in total. The van der Waals surface area contributed by atoms with Gasteiger partial charge < -0.3 is 21.3 Å². The van der Waals surface area contributed by atoms with Gasteiger partial charge in [-0.2, -0.15) is 0 Å². The van der Waals surface area contributed by atoms with Gasteiger partial charge in [0.15, 0.2) is 0 Å². The Morgan fingerprint density at radius 2 is 1.88 bits per heavy atom. The van der Waals surface area contributed by atoms with Gasteiger partial charge in [0, 0.05) is 24.5 Å². The third kappa shape index (κ3) is 4.62. The number of amides is 4. The van der Waals surface area contributed by atoms with Gasteiger partial charge in [-0.1, -0.05) is 12.6 Å². The summed E-state index contributed by atoms with van der Waals surface area (Å²) < 4.78 is 0. The van der Waals surface area contributed by atoms with Crippen LogP contribution in [0.25, 0.3) is 10.2 Å². The molecular weight excluding hydrogens is 528 g/mol. The fourth-order valence-electron chi connectivity index (χ4n) is 5.19. The van der Waals surface area contributed by atoms with E-state index >= 15 is 0 Å². The first kappa shape index (κ1) is 25.4. The number of carbonyl (C=O) groups excluding carboxylic acids is 3. The van der Waals surface area contributed by atoms with Crippen LogP contribution in [0.1, 0.15) is 34.6 Å². The maximum Gasteiger partial charge on any atom is 0.331 e. The summed E-state index contributed by atoms with van der Waals surface area (Å²) in [4.78, 5) is 54.7. The Bertz CT molecular complexity index is 1650. The van der Waals surface area contributed by atoms with Gasteiger partial charge in [0.05, 0.1) is 28.1 Å². The van der Waals surface area contributed by atoms with E-state index in [0.717, 1.165) is 19.3 Å². The molecule has 12 heteroatoms. The van der Waals surface area contributed by atoms with Crippen molar-refractivity contribution in [3.8, 4) is 0 Å². The molecule has 202 valence electrons. The van der Waals surface area contributed by atoms with Crippen molar-refractivity contribution in [3.63, 3.8) is 0 Å². The van der Waals surface area contributed by atoms with Crippen molar-refractivity contribution in [2.75, 3.05) is 15.5 Å². The van der Waals surface area contributed by atoms with E-state index in [4.69, 9.17) is 0 Å². The van der Waals surface area contributed by atoms with E-state index in [9.17, 15) is 14.4 Å². The van der Waals surface area contributed by atoms with Crippen molar-refractivity contribution in [1.82, 2.24) is 25.6 Å². The van der Waals surface area contributed by atoms with Crippen LogP contribution in [0, 0.1) is 6.92 Å². The topological polar surface area (TPSA) is 141 Å². The van der Waals surface area contributed by atoms with Gasteiger partial charge in [-0.3, -0.25) is 14.5 Å². The third-order valence-corrected chi connectivity index (χ3v) is 8.11. The average Bonchev–Trinajstić information content (AvgIpc) is 3.55. The minimum atomic E-state index is -0.403. The zero-order chi connectivity index (χ0) is 27.8. The molecule has 0 bridgehead atoms. The molecule has 6 rings (SSSR count). The first-order chi connectivity index (χ1) is 19.4. The summed E-state index contributed by atoms with van der Waals surface area (Å²) in [6.07, 6.45) is 6.94. The minimum Gasteiger partial charge on any atom is -0.348 e. The Morgan fingerprint density at radius 3 is 2.62 bits per heavy atom. The summed E-state index contributed by atoms with van der Waals surface area (Å²) in [5.74, 6) is 0.677. The van der Waals surface area contributed by atoms with Crippen LogP contribution in [0.2, 0.25) is 0 Å². The van der Waals surface area contributed by atoms with E-state index in [-0.39, 0.29) is 23.9 Å². The zero-order valence-electron chi connectivity index (χ0n) is 21.6. The van der Waals surface area contributed by atoms with Crippen LogP contribution >= 0.6 is 11.3 Å². The maximum absolute atomic E-state index is 13.5. The molecule has 0 saturated heterocycles. The summed E-state index contributed by atoms with van der Waals surface area (Å²) >= 11 is 1.22. The van der Waals surface area contributed by atoms with E-state index in [1.54, 1.807) is 29.4 Å². The van der Waals surface area contributed by atoms with Gasteiger partial charge >= 0.3 is 6.03 Å². The van der Waals surface area contributed by atoms with Crippen LogP contribution in [0.15, 0.2) is 61.4 Å². The molecule has 1 aliphatic heterocycles. The lowest BCUT2D eigenvalue weighted by Crippen LogP contribution is -2.48. The van der Waals surface area contributed by atoms with Crippen LogP contribution in [0.5, 0.6) is 0 Å². The molecule has 40 heavy (non-hydrogen) atoms. The smallest absolute Gasteiger partial charge is 0.331 e. The van der Waals surface area contributed by atoms with Gasteiger partial charge in [0.2, 0.25) is 5.91 Å². The highest BCUT2D eigenvalue weighted by molar-refractivity contribution is 7.21. The largest absolute Gasteiger partial charge is 0.348 e. The Labute approximate surface area is 233 Å². The fourth-order valence-corrected chi connectivity index (χ4v) is 6.21. The monoisotopic (exact) mass is 554 g/mol. The molecule has 1 fully saturated rings. The number of rotatable bonds is 7. The molecule has 4 aromatic rings. The predicted octanol–water partition coefficient (Wildman–Crippen LogP) is 4.78. The van der Waals surface area contributed by atoms with E-state index in [1.165, 1.54) is 17.4 Å². The number of thiophene rings is 1. The predicted molar refractivity (Wildman–Crippen MR) is 155 cm³/mol. The highest BCUT2D eigenvalue weighted by atomic mass is 32.1. The van der Waals surface area contributed by atoms with Gasteiger partial charge in [-0.15, -0.1) is 11.3 Å². The number of anilines is 5. The lowest BCUT2D eigenvalue weighted by Gasteiger charge is -2.29. The second-order valence-corrected chi connectivity index (χ2v) is 10.6. The Balaban J connectivity index is 1.30.